The van der Waals surface area contributed by atoms with Gasteiger partial charge in [-0.05, 0) is 40.5 Å². The molecular weight excluding hydrogens is 326 g/mol. The lowest BCUT2D eigenvalue weighted by molar-refractivity contribution is -0.142. The van der Waals surface area contributed by atoms with Gasteiger partial charge in [0.05, 0.1) is 25.3 Å². The van der Waals surface area contributed by atoms with Crippen molar-refractivity contribution in [3.63, 3.8) is 0 Å². The average molecular weight is 340 g/mol. The molecule has 0 radical (unpaired) electrons. The fourth-order valence-electron chi connectivity index (χ4n) is 2.15. The molecule has 1 aromatic heterocycles. The summed E-state index contributed by atoms with van der Waals surface area (Å²) in [7, 11) is 0. The van der Waals surface area contributed by atoms with Crippen molar-refractivity contribution in [1.82, 2.24) is 10.2 Å². The number of halogens is 1. The zero-order valence-electron chi connectivity index (χ0n) is 10.9. The molecule has 1 aliphatic rings. The van der Waals surface area contributed by atoms with E-state index in [-0.39, 0.29) is 12.5 Å². The van der Waals surface area contributed by atoms with Crippen molar-refractivity contribution in [2.45, 2.75) is 13.0 Å². The number of benzene rings is 1. The Hall–Kier alpha value is -1.44. The molecule has 20 heavy (non-hydrogen) atoms. The Balaban J connectivity index is 1.85. The van der Waals surface area contributed by atoms with E-state index in [1.54, 1.807) is 0 Å². The van der Waals surface area contributed by atoms with Gasteiger partial charge in [-0.3, -0.25) is 9.89 Å². The third-order valence-electron chi connectivity index (χ3n) is 3.12. The highest BCUT2D eigenvalue weighted by atomic mass is 79.9. The number of fused-ring (bicyclic) bond motifs is 1. The number of anilines is 1. The predicted molar refractivity (Wildman–Crippen MR) is 77.7 cm³/mol. The molecular formula is C13H14BrN3O3. The molecule has 0 spiro atoms. The number of ether oxygens (including phenoxy) is 2. The Morgan fingerprint density at radius 3 is 3.10 bits per heavy atom. The monoisotopic (exact) mass is 339 g/mol. The van der Waals surface area contributed by atoms with Gasteiger partial charge < -0.3 is 14.8 Å². The lowest BCUT2D eigenvalue weighted by Gasteiger charge is -2.21. The minimum absolute atomic E-state index is 0.240. The SMILES string of the molecule is Cc1cc(Br)c2[nH]nc(NC(=O)C3COCCO3)c2c1. The third kappa shape index (κ3) is 2.56. The highest BCUT2D eigenvalue weighted by Gasteiger charge is 2.24. The molecule has 6 nitrogen and oxygen atoms in total. The normalized spacial score (nSPS) is 19.2. The Bertz CT molecular complexity index is 650. The van der Waals surface area contributed by atoms with Crippen molar-refractivity contribution < 1.29 is 14.3 Å². The summed E-state index contributed by atoms with van der Waals surface area (Å²) in [5, 5.41) is 10.7. The van der Waals surface area contributed by atoms with Crippen molar-refractivity contribution in [2.75, 3.05) is 25.1 Å². The molecule has 1 aliphatic heterocycles. The average Bonchev–Trinajstić information content (AvgIpc) is 2.83. The molecule has 7 heteroatoms. The van der Waals surface area contributed by atoms with E-state index >= 15 is 0 Å². The second-order valence-electron chi connectivity index (χ2n) is 4.67. The standard InChI is InChI=1S/C13H14BrN3O3/c1-7-4-8-11(9(14)5-7)16-17-12(8)15-13(18)10-6-19-2-3-20-10/h4-5,10H,2-3,6H2,1H3,(H2,15,16,17,18). The van der Waals surface area contributed by atoms with Crippen LogP contribution in [0.25, 0.3) is 10.9 Å². The highest BCUT2D eigenvalue weighted by Crippen LogP contribution is 2.28. The van der Waals surface area contributed by atoms with Crippen LogP contribution in [0.5, 0.6) is 0 Å². The lowest BCUT2D eigenvalue weighted by Crippen LogP contribution is -2.39. The lowest BCUT2D eigenvalue weighted by atomic mass is 10.2. The summed E-state index contributed by atoms with van der Waals surface area (Å²) in [6, 6.07) is 3.96. The smallest absolute Gasteiger partial charge is 0.257 e. The van der Waals surface area contributed by atoms with E-state index in [4.69, 9.17) is 9.47 Å². The number of amides is 1. The van der Waals surface area contributed by atoms with Crippen LogP contribution in [-0.4, -0.2) is 42.0 Å². The van der Waals surface area contributed by atoms with Crippen molar-refractivity contribution in [1.29, 1.82) is 0 Å². The predicted octanol–water partition coefficient (Wildman–Crippen LogP) is 1.99. The summed E-state index contributed by atoms with van der Waals surface area (Å²) in [5.74, 6) is 0.263. The van der Waals surface area contributed by atoms with Crippen LogP contribution < -0.4 is 5.32 Å². The van der Waals surface area contributed by atoms with E-state index in [1.807, 2.05) is 19.1 Å². The quantitative estimate of drug-likeness (QED) is 0.877. The van der Waals surface area contributed by atoms with Crippen molar-refractivity contribution in [2.24, 2.45) is 0 Å². The number of carbonyl (C=O) groups is 1. The number of rotatable bonds is 2. The number of aromatic amines is 1. The number of aromatic nitrogens is 2. The molecule has 1 atom stereocenters. The van der Waals surface area contributed by atoms with Crippen LogP contribution >= 0.6 is 15.9 Å². The molecule has 2 aromatic rings. The zero-order valence-corrected chi connectivity index (χ0v) is 12.5. The van der Waals surface area contributed by atoms with Gasteiger partial charge in [0.25, 0.3) is 5.91 Å². The van der Waals surface area contributed by atoms with E-state index < -0.39 is 6.10 Å². The number of hydrogen-bond donors (Lipinski definition) is 2. The topological polar surface area (TPSA) is 76.2 Å². The molecule has 1 saturated heterocycles. The summed E-state index contributed by atoms with van der Waals surface area (Å²) in [4.78, 5) is 12.1. The molecule has 3 rings (SSSR count). The molecule has 1 amide bonds. The van der Waals surface area contributed by atoms with Crippen molar-refractivity contribution >= 4 is 38.6 Å². The molecule has 2 N–H and O–H groups in total. The maximum absolute atomic E-state index is 12.1. The maximum atomic E-state index is 12.1. The number of hydrogen-bond acceptors (Lipinski definition) is 4. The van der Waals surface area contributed by atoms with Crippen LogP contribution in [0.2, 0.25) is 0 Å². The number of nitrogens with one attached hydrogen (secondary N) is 2. The molecule has 106 valence electrons. The summed E-state index contributed by atoms with van der Waals surface area (Å²) in [6.07, 6.45) is -0.580. The fraction of sp³-hybridized carbons (Fsp3) is 0.385. The number of H-pyrrole nitrogens is 1. The fourth-order valence-corrected chi connectivity index (χ4v) is 2.81. The largest absolute Gasteiger partial charge is 0.376 e. The Morgan fingerprint density at radius 2 is 2.35 bits per heavy atom. The van der Waals surface area contributed by atoms with E-state index in [0.717, 1.165) is 20.9 Å². The minimum atomic E-state index is -0.580. The van der Waals surface area contributed by atoms with E-state index in [0.29, 0.717) is 19.0 Å². The summed E-state index contributed by atoms with van der Waals surface area (Å²) in [6.45, 7) is 3.23. The minimum Gasteiger partial charge on any atom is -0.376 e. The third-order valence-corrected chi connectivity index (χ3v) is 3.74. The van der Waals surface area contributed by atoms with Crippen LogP contribution in [0, 0.1) is 6.92 Å². The number of nitrogens with zero attached hydrogens (tertiary/aromatic N) is 1. The van der Waals surface area contributed by atoms with Crippen molar-refractivity contribution in [3.8, 4) is 0 Å². The van der Waals surface area contributed by atoms with Gasteiger partial charge in [0, 0.05) is 9.86 Å². The first kappa shape index (κ1) is 13.5. The van der Waals surface area contributed by atoms with Crippen LogP contribution in [0.1, 0.15) is 5.56 Å². The molecule has 0 aliphatic carbocycles. The second-order valence-corrected chi connectivity index (χ2v) is 5.52. The second kappa shape index (κ2) is 5.51. The van der Waals surface area contributed by atoms with Gasteiger partial charge in [0.1, 0.15) is 0 Å². The first-order valence-corrected chi connectivity index (χ1v) is 7.09. The van der Waals surface area contributed by atoms with Crippen LogP contribution in [0.3, 0.4) is 0 Å². The Kier molecular flexibility index (Phi) is 3.73. The van der Waals surface area contributed by atoms with Crippen LogP contribution in [0.15, 0.2) is 16.6 Å². The molecule has 0 saturated carbocycles. The summed E-state index contributed by atoms with van der Waals surface area (Å²) in [5.41, 5.74) is 1.94. The van der Waals surface area contributed by atoms with Gasteiger partial charge >= 0.3 is 0 Å². The Labute approximate surface area is 124 Å². The first-order valence-electron chi connectivity index (χ1n) is 6.29. The van der Waals surface area contributed by atoms with Crippen LogP contribution in [0.4, 0.5) is 5.82 Å². The van der Waals surface area contributed by atoms with Gasteiger partial charge in [-0.15, -0.1) is 0 Å². The van der Waals surface area contributed by atoms with Gasteiger partial charge in [0.15, 0.2) is 11.9 Å². The van der Waals surface area contributed by atoms with Gasteiger partial charge in [-0.2, -0.15) is 5.10 Å². The molecule has 1 unspecified atom stereocenters. The Morgan fingerprint density at radius 1 is 1.50 bits per heavy atom. The van der Waals surface area contributed by atoms with E-state index in [9.17, 15) is 4.79 Å². The van der Waals surface area contributed by atoms with Crippen LogP contribution in [-0.2, 0) is 14.3 Å². The molecule has 1 aromatic carbocycles. The zero-order chi connectivity index (χ0) is 14.1. The maximum Gasteiger partial charge on any atom is 0.257 e. The summed E-state index contributed by atoms with van der Waals surface area (Å²) < 4.78 is 11.5. The number of aryl methyl sites for hydroxylation is 1. The van der Waals surface area contributed by atoms with E-state index in [2.05, 4.69) is 31.4 Å². The van der Waals surface area contributed by atoms with E-state index in [1.165, 1.54) is 0 Å². The van der Waals surface area contributed by atoms with Gasteiger partial charge in [-0.1, -0.05) is 0 Å². The van der Waals surface area contributed by atoms with Gasteiger partial charge in [-0.25, -0.2) is 0 Å². The summed E-state index contributed by atoms with van der Waals surface area (Å²) >= 11 is 3.48. The first-order chi connectivity index (χ1) is 9.65. The highest BCUT2D eigenvalue weighted by molar-refractivity contribution is 9.10. The molecule has 0 bridgehead atoms. The number of carbonyl (C=O) groups excluding carboxylic acids is 1. The molecule has 2 heterocycles. The molecule has 1 fully saturated rings. The van der Waals surface area contributed by atoms with Crippen molar-refractivity contribution in [3.05, 3.63) is 22.2 Å². The van der Waals surface area contributed by atoms with Gasteiger partial charge in [0.2, 0.25) is 0 Å².